The topological polar surface area (TPSA) is 33.2 Å². The molecule has 0 N–H and O–H groups in total. The average molecular weight is 282 g/mol. The highest BCUT2D eigenvalue weighted by molar-refractivity contribution is 7.16. The molecule has 0 unspecified atom stereocenters. The number of hydrogen-bond acceptors (Lipinski definition) is 3. The molecule has 0 aliphatic heterocycles. The molecule has 0 aliphatic carbocycles. The lowest BCUT2D eigenvalue weighted by molar-refractivity contribution is 0.0988. The van der Waals surface area contributed by atoms with Gasteiger partial charge in [-0.2, -0.15) is 0 Å². The zero-order valence-corrected chi connectivity index (χ0v) is 11.9. The van der Waals surface area contributed by atoms with Crippen molar-refractivity contribution >= 4 is 33.1 Å². The predicted molar refractivity (Wildman–Crippen MR) is 83.4 cm³/mol. The Morgan fingerprint density at radius 3 is 2.75 bits per heavy atom. The highest BCUT2D eigenvalue weighted by atomic mass is 32.1. The molecular formula is C16H14N2OS. The maximum Gasteiger partial charge on any atom is 0.258 e. The summed E-state index contributed by atoms with van der Waals surface area (Å²) in [5, 5.41) is 0. The van der Waals surface area contributed by atoms with Crippen LogP contribution in [0, 0.1) is 0 Å². The summed E-state index contributed by atoms with van der Waals surface area (Å²) in [7, 11) is 0. The van der Waals surface area contributed by atoms with Gasteiger partial charge in [0.05, 0.1) is 15.7 Å². The number of carbonyl (C=O) groups excluding carboxylic acids is 1. The minimum Gasteiger partial charge on any atom is -0.309 e. The third kappa shape index (κ3) is 2.30. The summed E-state index contributed by atoms with van der Waals surface area (Å²) in [4.78, 5) is 18.7. The third-order valence-electron chi connectivity index (χ3n) is 3.21. The van der Waals surface area contributed by atoms with Crippen molar-refractivity contribution in [2.75, 3.05) is 11.4 Å². The zero-order chi connectivity index (χ0) is 13.9. The second-order valence-corrected chi connectivity index (χ2v) is 5.31. The molecule has 0 saturated heterocycles. The molecule has 3 nitrogen and oxygen atoms in total. The SMILES string of the molecule is CCN(C(=O)c1ccc2ncsc2c1)c1ccccc1. The van der Waals surface area contributed by atoms with Gasteiger partial charge in [0, 0.05) is 17.8 Å². The Morgan fingerprint density at radius 2 is 2.00 bits per heavy atom. The van der Waals surface area contributed by atoms with Crippen LogP contribution in [0.1, 0.15) is 17.3 Å². The van der Waals surface area contributed by atoms with Crippen LogP contribution >= 0.6 is 11.3 Å². The number of amides is 1. The largest absolute Gasteiger partial charge is 0.309 e. The smallest absolute Gasteiger partial charge is 0.258 e. The maximum absolute atomic E-state index is 12.7. The fourth-order valence-electron chi connectivity index (χ4n) is 2.20. The number of nitrogens with zero attached hydrogens (tertiary/aromatic N) is 2. The van der Waals surface area contributed by atoms with Crippen molar-refractivity contribution in [1.82, 2.24) is 4.98 Å². The van der Waals surface area contributed by atoms with E-state index in [-0.39, 0.29) is 5.91 Å². The first-order valence-electron chi connectivity index (χ1n) is 6.50. The number of anilines is 1. The van der Waals surface area contributed by atoms with Gasteiger partial charge in [0.15, 0.2) is 0 Å². The average Bonchev–Trinajstić information content (AvgIpc) is 2.96. The summed E-state index contributed by atoms with van der Waals surface area (Å²) in [6.45, 7) is 2.62. The van der Waals surface area contributed by atoms with Crippen molar-refractivity contribution in [1.29, 1.82) is 0 Å². The first kappa shape index (κ1) is 12.8. The van der Waals surface area contributed by atoms with Crippen LogP contribution < -0.4 is 4.90 Å². The number of hydrogen-bond donors (Lipinski definition) is 0. The molecular weight excluding hydrogens is 268 g/mol. The first-order chi connectivity index (χ1) is 9.79. The van der Waals surface area contributed by atoms with E-state index in [0.29, 0.717) is 12.1 Å². The predicted octanol–water partition coefficient (Wildman–Crippen LogP) is 3.96. The molecule has 0 radical (unpaired) electrons. The van der Waals surface area contributed by atoms with Crippen LogP contribution in [-0.4, -0.2) is 17.4 Å². The molecule has 20 heavy (non-hydrogen) atoms. The number of para-hydroxylation sites is 1. The minimum atomic E-state index is 0.0222. The van der Waals surface area contributed by atoms with Crippen molar-refractivity contribution < 1.29 is 4.79 Å². The van der Waals surface area contributed by atoms with Crippen LogP contribution in [0.5, 0.6) is 0 Å². The summed E-state index contributed by atoms with van der Waals surface area (Å²) >= 11 is 1.55. The van der Waals surface area contributed by atoms with E-state index in [1.165, 1.54) is 0 Å². The molecule has 1 aromatic heterocycles. The van der Waals surface area contributed by atoms with Crippen molar-refractivity contribution in [2.24, 2.45) is 0 Å². The molecule has 0 atom stereocenters. The van der Waals surface area contributed by atoms with E-state index in [1.54, 1.807) is 21.7 Å². The van der Waals surface area contributed by atoms with E-state index >= 15 is 0 Å². The number of fused-ring (bicyclic) bond motifs is 1. The Bertz CT molecular complexity index is 736. The summed E-state index contributed by atoms with van der Waals surface area (Å²) in [5.41, 5.74) is 4.36. The minimum absolute atomic E-state index is 0.0222. The molecule has 0 bridgehead atoms. The quantitative estimate of drug-likeness (QED) is 0.728. The Labute approximate surface area is 121 Å². The van der Waals surface area contributed by atoms with E-state index in [4.69, 9.17) is 0 Å². The Morgan fingerprint density at radius 1 is 1.20 bits per heavy atom. The van der Waals surface area contributed by atoms with E-state index in [2.05, 4.69) is 4.98 Å². The standard InChI is InChI=1S/C16H14N2OS/c1-2-18(13-6-4-3-5-7-13)16(19)12-8-9-14-15(10-12)20-11-17-14/h3-11H,2H2,1H3. The lowest BCUT2D eigenvalue weighted by Gasteiger charge is -2.21. The fraction of sp³-hybridized carbons (Fsp3) is 0.125. The summed E-state index contributed by atoms with van der Waals surface area (Å²) < 4.78 is 1.04. The van der Waals surface area contributed by atoms with E-state index in [1.807, 2.05) is 55.5 Å². The molecule has 3 rings (SSSR count). The number of rotatable bonds is 3. The van der Waals surface area contributed by atoms with Gasteiger partial charge in [-0.1, -0.05) is 18.2 Å². The van der Waals surface area contributed by atoms with Gasteiger partial charge < -0.3 is 4.90 Å². The molecule has 0 saturated carbocycles. The molecule has 0 spiro atoms. The summed E-state index contributed by atoms with van der Waals surface area (Å²) in [5.74, 6) is 0.0222. The van der Waals surface area contributed by atoms with Gasteiger partial charge in [-0.25, -0.2) is 4.98 Å². The van der Waals surface area contributed by atoms with Crippen LogP contribution in [0.3, 0.4) is 0 Å². The highest BCUT2D eigenvalue weighted by Crippen LogP contribution is 2.22. The van der Waals surface area contributed by atoms with Crippen molar-refractivity contribution in [3.8, 4) is 0 Å². The van der Waals surface area contributed by atoms with Gasteiger partial charge in [0.2, 0.25) is 0 Å². The summed E-state index contributed by atoms with van der Waals surface area (Å²) in [6.07, 6.45) is 0. The number of aromatic nitrogens is 1. The van der Waals surface area contributed by atoms with Gasteiger partial charge in [-0.15, -0.1) is 11.3 Å². The molecule has 100 valence electrons. The zero-order valence-electron chi connectivity index (χ0n) is 11.1. The third-order valence-corrected chi connectivity index (χ3v) is 4.00. The summed E-state index contributed by atoms with van der Waals surface area (Å²) in [6, 6.07) is 15.4. The van der Waals surface area contributed by atoms with Crippen LogP contribution in [-0.2, 0) is 0 Å². The normalized spacial score (nSPS) is 10.7. The molecule has 0 aliphatic rings. The van der Waals surface area contributed by atoms with Crippen molar-refractivity contribution in [3.63, 3.8) is 0 Å². The lowest BCUT2D eigenvalue weighted by Crippen LogP contribution is -2.30. The lowest BCUT2D eigenvalue weighted by atomic mass is 10.1. The Hall–Kier alpha value is -2.20. The number of carbonyl (C=O) groups is 1. The Balaban J connectivity index is 1.97. The highest BCUT2D eigenvalue weighted by Gasteiger charge is 2.16. The fourth-order valence-corrected chi connectivity index (χ4v) is 2.91. The van der Waals surface area contributed by atoms with E-state index in [9.17, 15) is 4.79 Å². The van der Waals surface area contributed by atoms with Gasteiger partial charge in [0.1, 0.15) is 0 Å². The molecule has 4 heteroatoms. The van der Waals surface area contributed by atoms with Gasteiger partial charge in [-0.05, 0) is 37.3 Å². The molecule has 1 heterocycles. The monoisotopic (exact) mass is 282 g/mol. The molecule has 3 aromatic rings. The van der Waals surface area contributed by atoms with Gasteiger partial charge in [-0.3, -0.25) is 4.79 Å². The van der Waals surface area contributed by atoms with Crippen LogP contribution in [0.2, 0.25) is 0 Å². The second kappa shape index (κ2) is 5.43. The second-order valence-electron chi connectivity index (χ2n) is 4.42. The van der Waals surface area contributed by atoms with Crippen molar-refractivity contribution in [3.05, 3.63) is 59.6 Å². The first-order valence-corrected chi connectivity index (χ1v) is 7.37. The Kier molecular flexibility index (Phi) is 3.48. The van der Waals surface area contributed by atoms with Crippen LogP contribution in [0.25, 0.3) is 10.2 Å². The number of thiazole rings is 1. The van der Waals surface area contributed by atoms with Crippen LogP contribution in [0.15, 0.2) is 54.0 Å². The van der Waals surface area contributed by atoms with Crippen LogP contribution in [0.4, 0.5) is 5.69 Å². The van der Waals surface area contributed by atoms with Crippen molar-refractivity contribution in [2.45, 2.75) is 6.92 Å². The number of benzene rings is 2. The molecule has 1 amide bonds. The van der Waals surface area contributed by atoms with Gasteiger partial charge in [0.25, 0.3) is 5.91 Å². The van der Waals surface area contributed by atoms with Gasteiger partial charge >= 0.3 is 0 Å². The van der Waals surface area contributed by atoms with E-state index < -0.39 is 0 Å². The maximum atomic E-state index is 12.7. The molecule has 2 aromatic carbocycles. The molecule has 0 fully saturated rings. The van der Waals surface area contributed by atoms with E-state index in [0.717, 1.165) is 15.9 Å².